The van der Waals surface area contributed by atoms with Crippen molar-refractivity contribution in [1.82, 2.24) is 14.9 Å². The lowest BCUT2D eigenvalue weighted by Crippen LogP contribution is -2.40. The average Bonchev–Trinajstić information content (AvgIpc) is 2.97. The number of carbonyl (C=O) groups is 1. The summed E-state index contributed by atoms with van der Waals surface area (Å²) < 4.78 is 40.7. The van der Waals surface area contributed by atoms with Crippen LogP contribution >= 0.6 is 0 Å². The van der Waals surface area contributed by atoms with Gasteiger partial charge in [-0.1, -0.05) is 35.4 Å². The molecule has 0 spiro atoms. The molecule has 2 N–H and O–H groups in total. The molecule has 43 heavy (non-hydrogen) atoms. The van der Waals surface area contributed by atoms with Crippen LogP contribution in [0.5, 0.6) is 0 Å². The van der Waals surface area contributed by atoms with Crippen LogP contribution in [0.2, 0.25) is 0 Å². The van der Waals surface area contributed by atoms with E-state index in [0.29, 0.717) is 38.4 Å². The SMILES string of the molecule is Cc1cc(C)cc(COC(C)(COC[C@H](O)CO)c2cnc(C)nc2C2CCN(C(=O)Cc3c(F)cccc3F)CC2)c1. The highest BCUT2D eigenvalue weighted by Gasteiger charge is 2.36. The number of aromatic nitrogens is 2. The molecule has 1 unspecified atom stereocenters. The normalized spacial score (nSPS) is 16.2. The molecule has 1 aromatic heterocycles. The van der Waals surface area contributed by atoms with Crippen molar-refractivity contribution in [2.45, 2.75) is 71.2 Å². The van der Waals surface area contributed by atoms with Crippen molar-refractivity contribution < 1.29 is 33.3 Å². The van der Waals surface area contributed by atoms with Crippen LogP contribution in [0, 0.1) is 32.4 Å². The summed E-state index contributed by atoms with van der Waals surface area (Å²) in [6.07, 6.45) is 1.61. The van der Waals surface area contributed by atoms with Gasteiger partial charge < -0.3 is 24.6 Å². The van der Waals surface area contributed by atoms with Crippen molar-refractivity contribution >= 4 is 5.91 Å². The van der Waals surface area contributed by atoms with Gasteiger partial charge in [-0.15, -0.1) is 0 Å². The van der Waals surface area contributed by atoms with E-state index in [1.54, 1.807) is 11.1 Å². The molecule has 4 rings (SSSR count). The Labute approximate surface area is 251 Å². The number of aliphatic hydroxyl groups is 2. The molecule has 10 heteroatoms. The zero-order valence-electron chi connectivity index (χ0n) is 25.3. The lowest BCUT2D eigenvalue weighted by atomic mass is 9.85. The van der Waals surface area contributed by atoms with Crippen molar-refractivity contribution in [3.8, 4) is 0 Å². The molecule has 2 atom stereocenters. The number of ether oxygens (including phenoxy) is 2. The van der Waals surface area contributed by atoms with Gasteiger partial charge in [0.1, 0.15) is 29.2 Å². The van der Waals surface area contributed by atoms with E-state index >= 15 is 0 Å². The van der Waals surface area contributed by atoms with E-state index in [-0.39, 0.29) is 37.0 Å². The van der Waals surface area contributed by atoms with Gasteiger partial charge in [0.2, 0.25) is 5.91 Å². The fourth-order valence-electron chi connectivity index (χ4n) is 5.61. The van der Waals surface area contributed by atoms with Gasteiger partial charge >= 0.3 is 0 Å². The first kappa shape index (κ1) is 32.6. The maximum absolute atomic E-state index is 14.1. The Balaban J connectivity index is 1.54. The maximum atomic E-state index is 14.1. The molecular formula is C33H41F2N3O5. The van der Waals surface area contributed by atoms with Gasteiger partial charge in [-0.3, -0.25) is 4.79 Å². The Bertz CT molecular complexity index is 1370. The lowest BCUT2D eigenvalue weighted by molar-refractivity contribution is -0.131. The first-order chi connectivity index (χ1) is 20.5. The van der Waals surface area contributed by atoms with Gasteiger partial charge in [0.15, 0.2) is 0 Å². The number of aryl methyl sites for hydroxylation is 3. The first-order valence-corrected chi connectivity index (χ1v) is 14.6. The maximum Gasteiger partial charge on any atom is 0.227 e. The number of rotatable bonds is 12. The highest BCUT2D eigenvalue weighted by Crippen LogP contribution is 2.37. The Morgan fingerprint density at radius 3 is 2.40 bits per heavy atom. The fraction of sp³-hybridized carbons (Fsp3) is 0.485. The summed E-state index contributed by atoms with van der Waals surface area (Å²) in [6, 6.07) is 9.82. The van der Waals surface area contributed by atoms with Crippen LogP contribution in [0.25, 0.3) is 0 Å². The highest BCUT2D eigenvalue weighted by molar-refractivity contribution is 5.79. The monoisotopic (exact) mass is 597 g/mol. The molecule has 0 bridgehead atoms. The summed E-state index contributed by atoms with van der Waals surface area (Å²) in [4.78, 5) is 23.9. The third-order valence-electron chi connectivity index (χ3n) is 7.87. The second-order valence-electron chi connectivity index (χ2n) is 11.6. The highest BCUT2D eigenvalue weighted by atomic mass is 19.1. The van der Waals surface area contributed by atoms with Gasteiger partial charge in [-0.25, -0.2) is 18.7 Å². The van der Waals surface area contributed by atoms with Crippen molar-refractivity contribution in [2.75, 3.05) is 32.9 Å². The molecule has 8 nitrogen and oxygen atoms in total. The molecule has 232 valence electrons. The van der Waals surface area contributed by atoms with Gasteiger partial charge in [0.25, 0.3) is 0 Å². The van der Waals surface area contributed by atoms with E-state index in [4.69, 9.17) is 14.5 Å². The predicted molar refractivity (Wildman–Crippen MR) is 157 cm³/mol. The molecule has 1 saturated heterocycles. The van der Waals surface area contributed by atoms with E-state index in [0.717, 1.165) is 40.1 Å². The number of aliphatic hydroxyl groups excluding tert-OH is 2. The Morgan fingerprint density at radius 1 is 1.12 bits per heavy atom. The zero-order chi connectivity index (χ0) is 31.1. The minimum absolute atomic E-state index is 0.0156. The van der Waals surface area contributed by atoms with Crippen molar-refractivity contribution in [3.63, 3.8) is 0 Å². The number of amides is 1. The van der Waals surface area contributed by atoms with E-state index in [1.165, 1.54) is 6.07 Å². The van der Waals surface area contributed by atoms with Crippen LogP contribution in [0.3, 0.4) is 0 Å². The minimum Gasteiger partial charge on any atom is -0.394 e. The Morgan fingerprint density at radius 2 is 1.77 bits per heavy atom. The van der Waals surface area contributed by atoms with Crippen molar-refractivity contribution in [1.29, 1.82) is 0 Å². The summed E-state index contributed by atoms with van der Waals surface area (Å²) in [7, 11) is 0. The van der Waals surface area contributed by atoms with Crippen LogP contribution in [-0.4, -0.2) is 70.0 Å². The van der Waals surface area contributed by atoms with Gasteiger partial charge in [0, 0.05) is 36.3 Å². The van der Waals surface area contributed by atoms with Crippen molar-refractivity contribution in [3.05, 3.63) is 93.6 Å². The molecule has 0 saturated carbocycles. The lowest BCUT2D eigenvalue weighted by Gasteiger charge is -2.36. The number of piperidine rings is 1. The molecule has 2 heterocycles. The molecular weight excluding hydrogens is 556 g/mol. The second kappa shape index (κ2) is 14.4. The number of likely N-dealkylation sites (tertiary alicyclic amines) is 1. The van der Waals surface area contributed by atoms with E-state index in [2.05, 4.69) is 23.2 Å². The largest absolute Gasteiger partial charge is 0.394 e. The average molecular weight is 598 g/mol. The molecule has 2 aromatic carbocycles. The van der Waals surface area contributed by atoms with Gasteiger partial charge in [-0.05, 0) is 58.2 Å². The summed E-state index contributed by atoms with van der Waals surface area (Å²) in [5, 5.41) is 19.1. The van der Waals surface area contributed by atoms with Crippen LogP contribution in [-0.2, 0) is 32.9 Å². The number of hydrogen-bond donors (Lipinski definition) is 2. The number of benzene rings is 2. The molecule has 1 aliphatic heterocycles. The first-order valence-electron chi connectivity index (χ1n) is 14.6. The van der Waals surface area contributed by atoms with Crippen LogP contribution in [0.15, 0.2) is 42.6 Å². The second-order valence-corrected chi connectivity index (χ2v) is 11.6. The quantitative estimate of drug-likeness (QED) is 0.318. The number of carbonyl (C=O) groups excluding carboxylic acids is 1. The zero-order valence-corrected chi connectivity index (χ0v) is 25.3. The number of nitrogens with zero attached hydrogens (tertiary/aromatic N) is 3. The number of hydrogen-bond acceptors (Lipinski definition) is 7. The fourth-order valence-corrected chi connectivity index (χ4v) is 5.61. The minimum atomic E-state index is -1.02. The molecule has 3 aromatic rings. The smallest absolute Gasteiger partial charge is 0.227 e. The Kier molecular flexibility index (Phi) is 10.9. The van der Waals surface area contributed by atoms with E-state index in [1.807, 2.05) is 27.7 Å². The van der Waals surface area contributed by atoms with E-state index in [9.17, 15) is 23.8 Å². The third-order valence-corrected chi connectivity index (χ3v) is 7.87. The summed E-state index contributed by atoms with van der Waals surface area (Å²) in [5.74, 6) is -1.19. The van der Waals surface area contributed by atoms with E-state index < -0.39 is 29.9 Å². The molecule has 1 aliphatic rings. The summed E-state index contributed by atoms with van der Waals surface area (Å²) in [6.45, 7) is 8.52. The van der Waals surface area contributed by atoms with Crippen LogP contribution in [0.1, 0.15) is 65.0 Å². The standard InChI is InChI=1S/C33H41F2N3O5/c1-21-12-22(2)14-24(13-21)18-43-33(4,20-42-19-26(40)17-39)28-16-36-23(3)37-32(28)25-8-10-38(11-9-25)31(41)15-27-29(34)6-5-7-30(27)35/h5-7,12-14,16,25-26,39-40H,8-11,15,17-20H2,1-4H3/t26-,33?/m1/s1. The van der Waals surface area contributed by atoms with Crippen LogP contribution < -0.4 is 0 Å². The van der Waals surface area contributed by atoms with Gasteiger partial charge in [0.05, 0.1) is 38.5 Å². The van der Waals surface area contributed by atoms with Crippen LogP contribution in [0.4, 0.5) is 8.78 Å². The molecule has 0 radical (unpaired) electrons. The summed E-state index contributed by atoms with van der Waals surface area (Å²) in [5.41, 5.74) is 3.60. The predicted octanol–water partition coefficient (Wildman–Crippen LogP) is 4.43. The topological polar surface area (TPSA) is 105 Å². The Hall–Kier alpha value is -3.31. The van der Waals surface area contributed by atoms with Gasteiger partial charge in [-0.2, -0.15) is 0 Å². The number of halogens is 2. The third kappa shape index (κ3) is 8.41. The van der Waals surface area contributed by atoms with Crippen molar-refractivity contribution in [2.24, 2.45) is 0 Å². The molecule has 1 fully saturated rings. The molecule has 0 aliphatic carbocycles. The summed E-state index contributed by atoms with van der Waals surface area (Å²) >= 11 is 0. The molecule has 1 amide bonds.